The molecule has 4 nitrogen and oxygen atoms in total. The summed E-state index contributed by atoms with van der Waals surface area (Å²) in [7, 11) is 1.62. The summed E-state index contributed by atoms with van der Waals surface area (Å²) in [5, 5.41) is 7.25. The molecule has 5 heteroatoms. The zero-order valence-electron chi connectivity index (χ0n) is 9.79. The number of nitrogens with one attached hydrogen (secondary N) is 1. The Morgan fingerprint density at radius 1 is 1.62 bits per heavy atom. The van der Waals surface area contributed by atoms with E-state index in [-0.39, 0.29) is 5.95 Å². The van der Waals surface area contributed by atoms with Gasteiger partial charge in [-0.3, -0.25) is 0 Å². The minimum atomic E-state index is -0.252. The van der Waals surface area contributed by atoms with Crippen LogP contribution in [0.3, 0.4) is 0 Å². The van der Waals surface area contributed by atoms with E-state index in [9.17, 15) is 4.39 Å². The van der Waals surface area contributed by atoms with Gasteiger partial charge in [0.15, 0.2) is 0 Å². The quantitative estimate of drug-likeness (QED) is 0.838. The molecule has 0 radical (unpaired) electrons. The van der Waals surface area contributed by atoms with Gasteiger partial charge in [0.25, 0.3) is 0 Å². The van der Waals surface area contributed by atoms with Gasteiger partial charge < -0.3 is 10.1 Å². The van der Waals surface area contributed by atoms with Crippen LogP contribution >= 0.6 is 0 Å². The number of nitrogens with zero attached hydrogens (tertiary/aromatic N) is 2. The summed E-state index contributed by atoms with van der Waals surface area (Å²) < 4.78 is 20.3. The Bertz CT molecular complexity index is 358. The van der Waals surface area contributed by atoms with E-state index in [2.05, 4.69) is 10.4 Å². The van der Waals surface area contributed by atoms with Crippen LogP contribution in [0.2, 0.25) is 0 Å². The van der Waals surface area contributed by atoms with Gasteiger partial charge in [-0.2, -0.15) is 9.49 Å². The largest absolute Gasteiger partial charge is 0.377 e. The van der Waals surface area contributed by atoms with Crippen LogP contribution in [0.1, 0.15) is 24.1 Å². The van der Waals surface area contributed by atoms with Crippen molar-refractivity contribution in [3.63, 3.8) is 0 Å². The van der Waals surface area contributed by atoms with Gasteiger partial charge in [-0.1, -0.05) is 0 Å². The number of ether oxygens (including phenoxy) is 1. The number of hydrogen-bond acceptors (Lipinski definition) is 3. The molecule has 0 aromatic carbocycles. The summed E-state index contributed by atoms with van der Waals surface area (Å²) in [6.07, 6.45) is 2.52. The third-order valence-electron chi connectivity index (χ3n) is 2.97. The highest BCUT2D eigenvalue weighted by atomic mass is 19.1. The van der Waals surface area contributed by atoms with Crippen molar-refractivity contribution in [1.29, 1.82) is 0 Å². The highest BCUT2D eigenvalue weighted by Gasteiger charge is 2.16. The zero-order chi connectivity index (χ0) is 11.5. The van der Waals surface area contributed by atoms with Crippen molar-refractivity contribution in [2.45, 2.75) is 32.4 Å². The van der Waals surface area contributed by atoms with Crippen LogP contribution in [0.15, 0.2) is 0 Å². The maximum Gasteiger partial charge on any atom is 0.215 e. The Morgan fingerprint density at radius 2 is 2.44 bits per heavy atom. The van der Waals surface area contributed by atoms with Crippen molar-refractivity contribution in [2.24, 2.45) is 7.05 Å². The fourth-order valence-corrected chi connectivity index (χ4v) is 2.04. The lowest BCUT2D eigenvalue weighted by atomic mass is 10.2. The van der Waals surface area contributed by atoms with E-state index in [4.69, 9.17) is 4.74 Å². The Kier molecular flexibility index (Phi) is 3.56. The number of aromatic nitrogens is 2. The molecule has 0 aliphatic carbocycles. The van der Waals surface area contributed by atoms with Crippen molar-refractivity contribution >= 4 is 0 Å². The number of halogens is 1. The molecule has 1 aliphatic rings. The van der Waals surface area contributed by atoms with Crippen LogP contribution in [-0.2, 0) is 18.3 Å². The molecule has 90 valence electrons. The minimum absolute atomic E-state index is 0.252. The lowest BCUT2D eigenvalue weighted by Gasteiger charge is -2.10. The average Bonchev–Trinajstić information content (AvgIpc) is 2.82. The molecule has 1 unspecified atom stereocenters. The molecule has 1 aliphatic heterocycles. The molecule has 0 saturated carbocycles. The molecule has 1 aromatic rings. The number of aryl methyl sites for hydroxylation is 2. The first-order valence-corrected chi connectivity index (χ1v) is 5.68. The summed E-state index contributed by atoms with van der Waals surface area (Å²) in [4.78, 5) is 0. The molecule has 0 spiro atoms. The van der Waals surface area contributed by atoms with Crippen molar-refractivity contribution in [3.05, 3.63) is 17.2 Å². The lowest BCUT2D eigenvalue weighted by molar-refractivity contribution is 0.110. The Labute approximate surface area is 94.8 Å². The van der Waals surface area contributed by atoms with Crippen LogP contribution in [-0.4, -0.2) is 29.0 Å². The maximum atomic E-state index is 13.6. The highest BCUT2D eigenvalue weighted by Crippen LogP contribution is 2.13. The molecular weight excluding hydrogens is 209 g/mol. The first-order valence-electron chi connectivity index (χ1n) is 5.68. The predicted molar refractivity (Wildman–Crippen MR) is 58.6 cm³/mol. The zero-order valence-corrected chi connectivity index (χ0v) is 9.79. The maximum absolute atomic E-state index is 13.6. The first-order chi connectivity index (χ1) is 7.68. The monoisotopic (exact) mass is 227 g/mol. The van der Waals surface area contributed by atoms with Crippen LogP contribution in [0.5, 0.6) is 0 Å². The fraction of sp³-hybridized carbons (Fsp3) is 0.727. The van der Waals surface area contributed by atoms with E-state index in [0.717, 1.165) is 31.7 Å². The lowest BCUT2D eigenvalue weighted by Crippen LogP contribution is -2.26. The molecule has 16 heavy (non-hydrogen) atoms. The first kappa shape index (κ1) is 11.5. The van der Waals surface area contributed by atoms with Crippen LogP contribution in [0, 0.1) is 12.9 Å². The fourth-order valence-electron chi connectivity index (χ4n) is 2.04. The van der Waals surface area contributed by atoms with Crippen molar-refractivity contribution in [1.82, 2.24) is 15.1 Å². The second kappa shape index (κ2) is 4.93. The van der Waals surface area contributed by atoms with Crippen molar-refractivity contribution < 1.29 is 9.13 Å². The average molecular weight is 227 g/mol. The van der Waals surface area contributed by atoms with E-state index in [1.807, 2.05) is 6.92 Å². The van der Waals surface area contributed by atoms with E-state index >= 15 is 0 Å². The molecule has 0 bridgehead atoms. The van der Waals surface area contributed by atoms with Gasteiger partial charge in [-0.05, 0) is 19.8 Å². The van der Waals surface area contributed by atoms with Crippen molar-refractivity contribution in [3.8, 4) is 0 Å². The number of rotatable bonds is 4. The standard InChI is InChI=1S/C11H18FN3O/c1-8-10(11(12)15(2)14-8)7-13-6-9-4-3-5-16-9/h9,13H,3-7H2,1-2H3. The number of hydrogen-bond donors (Lipinski definition) is 1. The normalized spacial score (nSPS) is 20.6. The van der Waals surface area contributed by atoms with Gasteiger partial charge in [0.2, 0.25) is 5.95 Å². The van der Waals surface area contributed by atoms with Gasteiger partial charge in [0.05, 0.1) is 11.8 Å². The third-order valence-corrected chi connectivity index (χ3v) is 2.97. The van der Waals surface area contributed by atoms with Crippen molar-refractivity contribution in [2.75, 3.05) is 13.2 Å². The van der Waals surface area contributed by atoms with Gasteiger partial charge in [-0.25, -0.2) is 4.68 Å². The van der Waals surface area contributed by atoms with Gasteiger partial charge in [-0.15, -0.1) is 0 Å². The van der Waals surface area contributed by atoms with E-state index in [0.29, 0.717) is 18.2 Å². The molecule has 1 aromatic heterocycles. The van der Waals surface area contributed by atoms with Crippen LogP contribution < -0.4 is 5.32 Å². The summed E-state index contributed by atoms with van der Waals surface area (Å²) >= 11 is 0. The molecule has 1 fully saturated rings. The molecule has 2 rings (SSSR count). The smallest absolute Gasteiger partial charge is 0.215 e. The molecular formula is C11H18FN3O. The Morgan fingerprint density at radius 3 is 3.00 bits per heavy atom. The Hall–Kier alpha value is -0.940. The Balaban J connectivity index is 1.84. The summed E-state index contributed by atoms with van der Waals surface area (Å²) in [5.41, 5.74) is 1.40. The second-order valence-electron chi connectivity index (χ2n) is 4.24. The van der Waals surface area contributed by atoms with E-state index < -0.39 is 0 Å². The van der Waals surface area contributed by atoms with Gasteiger partial charge >= 0.3 is 0 Å². The summed E-state index contributed by atoms with van der Waals surface area (Å²) in [6.45, 7) is 3.98. The molecule has 2 heterocycles. The van der Waals surface area contributed by atoms with Gasteiger partial charge in [0.1, 0.15) is 0 Å². The van der Waals surface area contributed by atoms with E-state index in [1.165, 1.54) is 4.68 Å². The third kappa shape index (κ3) is 2.41. The highest BCUT2D eigenvalue weighted by molar-refractivity contribution is 5.16. The summed E-state index contributed by atoms with van der Waals surface area (Å²) in [5.74, 6) is -0.252. The topological polar surface area (TPSA) is 39.1 Å². The van der Waals surface area contributed by atoms with E-state index in [1.54, 1.807) is 7.05 Å². The SMILES string of the molecule is Cc1nn(C)c(F)c1CNCC1CCCO1. The predicted octanol–water partition coefficient (Wildman–Crippen LogP) is 1.14. The van der Waals surface area contributed by atoms with Crippen LogP contribution in [0.4, 0.5) is 4.39 Å². The molecule has 1 atom stereocenters. The molecule has 0 amide bonds. The second-order valence-corrected chi connectivity index (χ2v) is 4.24. The van der Waals surface area contributed by atoms with Gasteiger partial charge in [0, 0.05) is 32.3 Å². The molecule has 1 N–H and O–H groups in total. The minimum Gasteiger partial charge on any atom is -0.377 e. The van der Waals surface area contributed by atoms with Crippen LogP contribution in [0.25, 0.3) is 0 Å². The molecule has 1 saturated heterocycles. The summed E-state index contributed by atoms with van der Waals surface area (Å²) in [6, 6.07) is 0.